The van der Waals surface area contributed by atoms with Crippen LogP contribution in [0.3, 0.4) is 0 Å². The summed E-state index contributed by atoms with van der Waals surface area (Å²) < 4.78 is 36.1. The summed E-state index contributed by atoms with van der Waals surface area (Å²) in [4.78, 5) is 13.0. The van der Waals surface area contributed by atoms with Crippen LogP contribution in [0.5, 0.6) is 5.75 Å². The molecule has 0 atom stereocenters. The highest BCUT2D eigenvalue weighted by Gasteiger charge is 2.35. The third-order valence-electron chi connectivity index (χ3n) is 7.26. The highest BCUT2D eigenvalue weighted by molar-refractivity contribution is 6.33. The molecule has 0 aliphatic carbocycles. The summed E-state index contributed by atoms with van der Waals surface area (Å²) in [6.45, 7) is 14.2. The number of ether oxygens (including phenoxy) is 1. The second kappa shape index (κ2) is 11.6. The van der Waals surface area contributed by atoms with Gasteiger partial charge in [0.05, 0.1) is 17.3 Å². The zero-order chi connectivity index (χ0) is 28.5. The van der Waals surface area contributed by atoms with Crippen LogP contribution in [-0.2, 0) is 0 Å². The van der Waals surface area contributed by atoms with Crippen LogP contribution < -0.4 is 15.0 Å². The summed E-state index contributed by atoms with van der Waals surface area (Å²) in [6, 6.07) is 8.64. The molecule has 1 fully saturated rings. The van der Waals surface area contributed by atoms with Crippen LogP contribution in [0.2, 0.25) is 5.02 Å². The molecule has 2 aliphatic rings. The average molecular weight is 558 g/mol. The van der Waals surface area contributed by atoms with E-state index in [-0.39, 0.29) is 29.4 Å². The van der Waals surface area contributed by atoms with Crippen LogP contribution >= 0.6 is 11.6 Å². The smallest absolute Gasteiger partial charge is 0.222 e. The normalized spacial score (nSPS) is 18.7. The van der Waals surface area contributed by atoms with E-state index in [2.05, 4.69) is 52.6 Å². The van der Waals surface area contributed by atoms with Crippen molar-refractivity contribution in [2.24, 2.45) is 9.98 Å². The number of aliphatic imine (C=N–C) groups is 2. The number of hydrogen-bond donors (Lipinski definition) is 1. The number of benzene rings is 2. The molecule has 9 heteroatoms. The summed E-state index contributed by atoms with van der Waals surface area (Å²) in [5.41, 5.74) is 1.93. The van der Waals surface area contributed by atoms with E-state index in [9.17, 15) is 4.39 Å². The topological polar surface area (TPSA) is 52.5 Å². The standard InChI is InChI=1S/C30H38ClF2N5O/c1-18(2)38-17-30(4,5)39-28-24(31)14-21(15-26(28)38)27(19(3)32)36-29(34-6)35-22-8-9-23(25(33)16-22)20-10-12-37(7)13-11-20/h8-9,14-16,18,20H,3,10-13,17H2,1-2,4-7H3,(H,34,35)/b36-27+. The maximum absolute atomic E-state index is 15.1. The molecule has 210 valence electrons. The highest BCUT2D eigenvalue weighted by Crippen LogP contribution is 2.44. The van der Waals surface area contributed by atoms with Gasteiger partial charge in [-0.1, -0.05) is 24.2 Å². The zero-order valence-corrected chi connectivity index (χ0v) is 24.4. The van der Waals surface area contributed by atoms with E-state index in [1.165, 1.54) is 13.1 Å². The van der Waals surface area contributed by atoms with Crippen molar-refractivity contribution in [3.63, 3.8) is 0 Å². The lowest BCUT2D eigenvalue weighted by molar-refractivity contribution is 0.103. The second-order valence-electron chi connectivity index (χ2n) is 11.2. The Kier molecular flexibility index (Phi) is 8.66. The molecule has 1 N–H and O–H groups in total. The van der Waals surface area contributed by atoms with E-state index in [4.69, 9.17) is 16.3 Å². The van der Waals surface area contributed by atoms with Crippen LogP contribution in [0.1, 0.15) is 57.6 Å². The Bertz CT molecular complexity index is 1300. The molecule has 0 bridgehead atoms. The molecule has 0 saturated carbocycles. The number of likely N-dealkylation sites (tertiary alicyclic amines) is 1. The number of nitrogens with one attached hydrogen (secondary N) is 1. The quantitative estimate of drug-likeness (QED) is 0.316. The number of nitrogens with zero attached hydrogens (tertiary/aromatic N) is 4. The molecule has 2 aromatic carbocycles. The number of anilines is 2. The van der Waals surface area contributed by atoms with Crippen molar-refractivity contribution < 1.29 is 13.5 Å². The number of rotatable bonds is 5. The van der Waals surface area contributed by atoms with Gasteiger partial charge in [-0.3, -0.25) is 4.99 Å². The van der Waals surface area contributed by atoms with Gasteiger partial charge in [0.15, 0.2) is 5.75 Å². The summed E-state index contributed by atoms with van der Waals surface area (Å²) in [7, 11) is 3.61. The fraction of sp³-hybridized carbons (Fsp3) is 0.467. The Morgan fingerprint density at radius 3 is 2.49 bits per heavy atom. The molecule has 0 spiro atoms. The fourth-order valence-corrected chi connectivity index (χ4v) is 5.45. The van der Waals surface area contributed by atoms with Gasteiger partial charge in [0.1, 0.15) is 23.0 Å². The number of halogens is 3. The molecule has 0 unspecified atom stereocenters. The van der Waals surface area contributed by atoms with Crippen LogP contribution in [0.15, 0.2) is 52.7 Å². The summed E-state index contributed by atoms with van der Waals surface area (Å²) in [6.07, 6.45) is 1.85. The largest absolute Gasteiger partial charge is 0.482 e. The Hall–Kier alpha value is -2.97. The first-order valence-corrected chi connectivity index (χ1v) is 13.7. The lowest BCUT2D eigenvalue weighted by Gasteiger charge is -2.43. The fourth-order valence-electron chi connectivity index (χ4n) is 5.20. The van der Waals surface area contributed by atoms with Crippen molar-refractivity contribution in [3.05, 3.63) is 64.7 Å². The number of guanidine groups is 1. The first-order valence-electron chi connectivity index (χ1n) is 13.3. The lowest BCUT2D eigenvalue weighted by atomic mass is 9.89. The van der Waals surface area contributed by atoms with Gasteiger partial charge in [-0.25, -0.2) is 13.8 Å². The van der Waals surface area contributed by atoms with Crippen molar-refractivity contribution in [2.45, 2.75) is 58.1 Å². The van der Waals surface area contributed by atoms with E-state index in [0.29, 0.717) is 34.1 Å². The Labute approximate surface area is 235 Å². The van der Waals surface area contributed by atoms with Crippen molar-refractivity contribution in [1.82, 2.24) is 4.90 Å². The summed E-state index contributed by atoms with van der Waals surface area (Å²) in [5.74, 6) is -0.157. The molecule has 2 aromatic rings. The van der Waals surface area contributed by atoms with Gasteiger partial charge in [-0.15, -0.1) is 0 Å². The summed E-state index contributed by atoms with van der Waals surface area (Å²) in [5, 5.41) is 3.37. The molecule has 39 heavy (non-hydrogen) atoms. The number of allylic oxidation sites excluding steroid dienone is 1. The van der Waals surface area contributed by atoms with Gasteiger partial charge >= 0.3 is 0 Å². The van der Waals surface area contributed by atoms with E-state index in [0.717, 1.165) is 31.6 Å². The molecule has 0 radical (unpaired) electrons. The molecule has 0 aromatic heterocycles. The van der Waals surface area contributed by atoms with Crippen LogP contribution in [0.25, 0.3) is 0 Å². The first kappa shape index (κ1) is 29.0. The van der Waals surface area contributed by atoms with Crippen LogP contribution in [-0.4, -0.2) is 61.9 Å². The Morgan fingerprint density at radius 1 is 1.21 bits per heavy atom. The molecular formula is C30H38ClF2N5O. The molecule has 2 heterocycles. The Morgan fingerprint density at radius 2 is 1.90 bits per heavy atom. The molecular weight excluding hydrogens is 520 g/mol. The molecule has 1 saturated heterocycles. The minimum absolute atomic E-state index is 0.0234. The third kappa shape index (κ3) is 6.61. The highest BCUT2D eigenvalue weighted by atomic mass is 35.5. The average Bonchev–Trinajstić information content (AvgIpc) is 2.86. The van der Waals surface area contributed by atoms with Crippen molar-refractivity contribution in [1.29, 1.82) is 0 Å². The van der Waals surface area contributed by atoms with Crippen molar-refractivity contribution in [2.75, 3.05) is 43.9 Å². The van der Waals surface area contributed by atoms with Crippen LogP contribution in [0.4, 0.5) is 20.2 Å². The van der Waals surface area contributed by atoms with Crippen molar-refractivity contribution in [3.8, 4) is 5.75 Å². The van der Waals surface area contributed by atoms with Crippen molar-refractivity contribution >= 4 is 34.6 Å². The van der Waals surface area contributed by atoms with Gasteiger partial charge in [0.25, 0.3) is 0 Å². The maximum Gasteiger partial charge on any atom is 0.222 e. The first-order chi connectivity index (χ1) is 18.4. The third-order valence-corrected chi connectivity index (χ3v) is 7.54. The van der Waals surface area contributed by atoms with E-state index in [1.54, 1.807) is 12.1 Å². The maximum atomic E-state index is 15.1. The van der Waals surface area contributed by atoms with Gasteiger partial charge in [-0.05, 0) is 96.4 Å². The van der Waals surface area contributed by atoms with E-state index >= 15 is 4.39 Å². The van der Waals surface area contributed by atoms with Gasteiger partial charge in [0, 0.05) is 24.3 Å². The monoisotopic (exact) mass is 557 g/mol. The zero-order valence-electron chi connectivity index (χ0n) is 23.6. The lowest BCUT2D eigenvalue weighted by Crippen LogP contribution is -2.49. The number of hydrogen-bond acceptors (Lipinski definition) is 4. The second-order valence-corrected chi connectivity index (χ2v) is 11.6. The van der Waals surface area contributed by atoms with Gasteiger partial charge in [0.2, 0.25) is 5.96 Å². The van der Waals surface area contributed by atoms with Gasteiger partial charge < -0.3 is 19.9 Å². The van der Waals surface area contributed by atoms with E-state index in [1.807, 2.05) is 26.0 Å². The molecule has 4 rings (SSSR count). The molecule has 2 aliphatic heterocycles. The number of piperidine rings is 1. The minimum atomic E-state index is -0.745. The Balaban J connectivity index is 1.63. The predicted molar refractivity (Wildman–Crippen MR) is 158 cm³/mol. The minimum Gasteiger partial charge on any atom is -0.482 e. The van der Waals surface area contributed by atoms with E-state index < -0.39 is 11.4 Å². The van der Waals surface area contributed by atoms with Crippen LogP contribution in [0, 0.1) is 5.82 Å². The SMILES string of the molecule is C=C(F)/C(=N\C(=N/C)Nc1ccc(C2CCN(C)CC2)c(F)c1)c1cc(Cl)c2c(c1)N(C(C)C)CC(C)(C)O2. The van der Waals surface area contributed by atoms with Gasteiger partial charge in [-0.2, -0.15) is 0 Å². The number of fused-ring (bicyclic) bond motifs is 1. The molecule has 0 amide bonds. The predicted octanol–water partition coefficient (Wildman–Crippen LogP) is 7.04. The molecule has 6 nitrogen and oxygen atoms in total. The summed E-state index contributed by atoms with van der Waals surface area (Å²) >= 11 is 6.65.